The smallest absolute Gasteiger partial charge is 0.252 e. The molecule has 0 saturated carbocycles. The van der Waals surface area contributed by atoms with Gasteiger partial charge in [-0.05, 0) is 76.8 Å². The molecule has 0 aliphatic carbocycles. The van der Waals surface area contributed by atoms with Crippen molar-refractivity contribution in [1.29, 1.82) is 0 Å². The third-order valence-corrected chi connectivity index (χ3v) is 7.51. The minimum absolute atomic E-state index is 0.151. The number of hydrogen-bond acceptors (Lipinski definition) is 8. The van der Waals surface area contributed by atoms with Crippen molar-refractivity contribution in [2.75, 3.05) is 14.2 Å². The van der Waals surface area contributed by atoms with Gasteiger partial charge in [0.15, 0.2) is 0 Å². The summed E-state index contributed by atoms with van der Waals surface area (Å²) in [5, 5.41) is 39.7. The highest BCUT2D eigenvalue weighted by molar-refractivity contribution is 6.69. The van der Waals surface area contributed by atoms with Crippen molar-refractivity contribution in [3.05, 3.63) is 162 Å². The van der Waals surface area contributed by atoms with E-state index in [0.29, 0.717) is 0 Å². The summed E-state index contributed by atoms with van der Waals surface area (Å²) in [7, 11) is 2.00. The Labute approximate surface area is 301 Å². The van der Waals surface area contributed by atoms with E-state index in [-0.39, 0.29) is 28.0 Å². The maximum atomic E-state index is 10.6. The van der Waals surface area contributed by atoms with Crippen LogP contribution in [0, 0.1) is 0 Å². The molecule has 6 aromatic rings. The SMILES string of the molecule is CC(C)(c1ccc(O)cc1)c1ccc(O)cc1.CO.CO.O=C(Cl)c1cccc(C(=O)Cl)c1.c1ccc(-c2cn(-c3ccccc3)nn2)cc1. The number of para-hydroxylation sites is 1. The van der Waals surface area contributed by atoms with Gasteiger partial charge in [-0.2, -0.15) is 0 Å². The van der Waals surface area contributed by atoms with Gasteiger partial charge in [-0.1, -0.05) is 110 Å². The van der Waals surface area contributed by atoms with Gasteiger partial charge in [0.05, 0.1) is 11.9 Å². The number of aliphatic hydroxyl groups excluding tert-OH is 2. The van der Waals surface area contributed by atoms with Gasteiger partial charge < -0.3 is 20.4 Å². The Bertz CT molecular complexity index is 1750. The number of rotatable bonds is 6. The Morgan fingerprint density at radius 1 is 0.600 bits per heavy atom. The molecule has 1 aromatic heterocycles. The topological polar surface area (TPSA) is 146 Å². The van der Waals surface area contributed by atoms with Crippen LogP contribution in [0.15, 0.2) is 140 Å². The highest BCUT2D eigenvalue weighted by atomic mass is 35.5. The molecule has 50 heavy (non-hydrogen) atoms. The average Bonchev–Trinajstić information content (AvgIpc) is 3.66. The predicted octanol–water partition coefficient (Wildman–Crippen LogP) is 8.02. The molecule has 0 aliphatic heterocycles. The molecule has 260 valence electrons. The van der Waals surface area contributed by atoms with E-state index in [0.717, 1.165) is 42.3 Å². The normalized spacial score (nSPS) is 9.92. The quantitative estimate of drug-likeness (QED) is 0.127. The first-order valence-corrected chi connectivity index (χ1v) is 15.8. The number of aromatic hydroxyl groups is 2. The minimum atomic E-state index is -0.602. The molecule has 0 radical (unpaired) electrons. The van der Waals surface area contributed by atoms with E-state index in [1.54, 1.807) is 35.0 Å². The number of aromatic nitrogens is 3. The zero-order chi connectivity index (χ0) is 37.1. The number of carbonyl (C=O) groups excluding carboxylic acids is 2. The maximum Gasteiger partial charge on any atom is 0.252 e. The molecule has 0 atom stereocenters. The third kappa shape index (κ3) is 12.3. The lowest BCUT2D eigenvalue weighted by molar-refractivity contribution is 0.108. The van der Waals surface area contributed by atoms with Crippen LogP contribution in [0.2, 0.25) is 0 Å². The second-order valence-corrected chi connectivity index (χ2v) is 11.3. The molecular formula is C39H39Cl2N3O6. The molecule has 1 heterocycles. The summed E-state index contributed by atoms with van der Waals surface area (Å²) in [6, 6.07) is 40.4. The molecule has 5 aromatic carbocycles. The molecule has 0 aliphatic rings. The van der Waals surface area contributed by atoms with Crippen LogP contribution in [0.4, 0.5) is 0 Å². The summed E-state index contributed by atoms with van der Waals surface area (Å²) < 4.78 is 1.78. The Hall–Kier alpha value is -5.32. The summed E-state index contributed by atoms with van der Waals surface area (Å²) in [6.45, 7) is 4.23. The van der Waals surface area contributed by atoms with Crippen molar-refractivity contribution in [3.8, 4) is 28.4 Å². The standard InChI is InChI=1S/C15H16O2.C14H11N3.C8H4Cl2O2.2CH4O/c1-15(2,11-3-7-13(16)8-4-11)12-5-9-14(17)10-6-12;1-3-7-12(8-4-1)14-11-17(16-15-14)13-9-5-2-6-10-13;9-7(11)5-2-1-3-6(4-5)8(10)12;2*1-2/h3-10,16-17H,1-2H3;1-11H;1-4H;2*2H,1H3. The Kier molecular flexibility index (Phi) is 17.1. The number of phenols is 2. The van der Waals surface area contributed by atoms with Crippen LogP contribution < -0.4 is 0 Å². The Balaban J connectivity index is 0.000000251. The molecule has 11 heteroatoms. The van der Waals surface area contributed by atoms with Crippen LogP contribution in [-0.4, -0.2) is 60.1 Å². The van der Waals surface area contributed by atoms with Crippen LogP contribution in [0.3, 0.4) is 0 Å². The summed E-state index contributed by atoms with van der Waals surface area (Å²) in [5.74, 6) is 0.547. The van der Waals surface area contributed by atoms with Crippen molar-refractivity contribution in [1.82, 2.24) is 15.0 Å². The van der Waals surface area contributed by atoms with Crippen molar-refractivity contribution < 1.29 is 30.0 Å². The number of benzene rings is 5. The van der Waals surface area contributed by atoms with Crippen LogP contribution in [0.25, 0.3) is 16.9 Å². The van der Waals surface area contributed by atoms with Crippen molar-refractivity contribution in [3.63, 3.8) is 0 Å². The summed E-state index contributed by atoms with van der Waals surface area (Å²) >= 11 is 10.4. The number of phenolic OH excluding ortho intramolecular Hbond substituents is 2. The van der Waals surface area contributed by atoms with E-state index < -0.39 is 10.5 Å². The van der Waals surface area contributed by atoms with Crippen molar-refractivity contribution in [2.45, 2.75) is 19.3 Å². The van der Waals surface area contributed by atoms with E-state index >= 15 is 0 Å². The van der Waals surface area contributed by atoms with Gasteiger partial charge >= 0.3 is 0 Å². The molecular weight excluding hydrogens is 677 g/mol. The van der Waals surface area contributed by atoms with Crippen LogP contribution in [-0.2, 0) is 5.41 Å². The molecule has 0 unspecified atom stereocenters. The molecule has 0 spiro atoms. The van der Waals surface area contributed by atoms with Gasteiger partial charge in [0.25, 0.3) is 10.5 Å². The van der Waals surface area contributed by atoms with Gasteiger partial charge in [-0.3, -0.25) is 9.59 Å². The summed E-state index contributed by atoms with van der Waals surface area (Å²) in [6.07, 6.45) is 1.94. The molecule has 6 rings (SSSR count). The average molecular weight is 717 g/mol. The van der Waals surface area contributed by atoms with Gasteiger partial charge in [-0.15, -0.1) is 5.10 Å². The van der Waals surface area contributed by atoms with Gasteiger partial charge in [0.1, 0.15) is 17.2 Å². The van der Waals surface area contributed by atoms with E-state index in [1.807, 2.05) is 91.1 Å². The highest BCUT2D eigenvalue weighted by Gasteiger charge is 2.22. The fourth-order valence-corrected chi connectivity index (χ4v) is 4.63. The van der Waals surface area contributed by atoms with Crippen molar-refractivity contribution in [2.24, 2.45) is 0 Å². The first-order valence-electron chi connectivity index (χ1n) is 15.1. The van der Waals surface area contributed by atoms with Gasteiger partial charge in [0, 0.05) is 36.3 Å². The zero-order valence-electron chi connectivity index (χ0n) is 28.0. The molecule has 9 nitrogen and oxygen atoms in total. The number of hydrogen-bond donors (Lipinski definition) is 4. The summed E-state index contributed by atoms with van der Waals surface area (Å²) in [4.78, 5) is 21.3. The van der Waals surface area contributed by atoms with Gasteiger partial charge in [-0.25, -0.2) is 4.68 Å². The number of halogens is 2. The zero-order valence-corrected chi connectivity index (χ0v) is 29.5. The molecule has 0 fully saturated rings. The lowest BCUT2D eigenvalue weighted by Crippen LogP contribution is -2.18. The highest BCUT2D eigenvalue weighted by Crippen LogP contribution is 2.33. The maximum absolute atomic E-state index is 10.6. The third-order valence-electron chi connectivity index (χ3n) is 7.08. The van der Waals surface area contributed by atoms with E-state index in [4.69, 9.17) is 33.4 Å². The second-order valence-electron chi connectivity index (χ2n) is 10.6. The molecule has 0 saturated heterocycles. The second kappa shape index (κ2) is 20.9. The van der Waals surface area contributed by atoms with Gasteiger partial charge in [0.2, 0.25) is 0 Å². The lowest BCUT2D eigenvalue weighted by atomic mass is 9.78. The monoisotopic (exact) mass is 715 g/mol. The number of carbonyl (C=O) groups is 2. The lowest BCUT2D eigenvalue weighted by Gasteiger charge is -2.26. The predicted molar refractivity (Wildman–Crippen MR) is 198 cm³/mol. The van der Waals surface area contributed by atoms with E-state index in [1.165, 1.54) is 18.2 Å². The first kappa shape index (κ1) is 40.9. The molecule has 4 N–H and O–H groups in total. The fraction of sp³-hybridized carbons (Fsp3) is 0.128. The fourth-order valence-electron chi connectivity index (χ4n) is 4.40. The van der Waals surface area contributed by atoms with Crippen LogP contribution in [0.5, 0.6) is 11.5 Å². The Morgan fingerprint density at radius 3 is 1.44 bits per heavy atom. The molecule has 0 bridgehead atoms. The Morgan fingerprint density at radius 2 is 1.02 bits per heavy atom. The largest absolute Gasteiger partial charge is 0.508 e. The van der Waals surface area contributed by atoms with Crippen molar-refractivity contribution >= 4 is 33.7 Å². The van der Waals surface area contributed by atoms with E-state index in [2.05, 4.69) is 24.2 Å². The van der Waals surface area contributed by atoms with Crippen LogP contribution in [0.1, 0.15) is 45.7 Å². The minimum Gasteiger partial charge on any atom is -0.508 e. The number of nitrogens with zero attached hydrogens (tertiary/aromatic N) is 3. The molecule has 0 amide bonds. The number of aliphatic hydroxyl groups is 2. The van der Waals surface area contributed by atoms with Crippen LogP contribution >= 0.6 is 23.2 Å². The summed E-state index contributed by atoms with van der Waals surface area (Å²) in [5.41, 5.74) is 5.61. The van der Waals surface area contributed by atoms with E-state index in [9.17, 15) is 19.8 Å². The first-order chi connectivity index (χ1) is 24.0.